The third-order valence-electron chi connectivity index (χ3n) is 10.9. The average Bonchev–Trinajstić information content (AvgIpc) is 3.77. The molecule has 4 aromatic carbocycles. The van der Waals surface area contributed by atoms with E-state index in [-0.39, 0.29) is 0 Å². The molecule has 0 N–H and O–H groups in total. The summed E-state index contributed by atoms with van der Waals surface area (Å²) < 4.78 is 0. The van der Waals surface area contributed by atoms with Gasteiger partial charge in [-0.05, 0) is 137 Å². The number of aryl methyl sites for hydroxylation is 1. The summed E-state index contributed by atoms with van der Waals surface area (Å²) in [5.74, 6) is 5.19. The van der Waals surface area contributed by atoms with Crippen molar-refractivity contribution in [3.8, 4) is 23.5 Å². The first kappa shape index (κ1) is 31.0. The fourth-order valence-corrected chi connectivity index (χ4v) is 8.23. The molecule has 0 spiro atoms. The summed E-state index contributed by atoms with van der Waals surface area (Å²) in [6.07, 6.45) is 26.6. The van der Waals surface area contributed by atoms with Crippen LogP contribution in [0.15, 0.2) is 127 Å². The molecule has 2 atom stereocenters. The Hall–Kier alpha value is -4.60. The molecule has 0 amide bonds. The van der Waals surface area contributed by atoms with Gasteiger partial charge in [0.2, 0.25) is 0 Å². The number of fused-ring (bicyclic) bond motifs is 1. The van der Waals surface area contributed by atoms with Gasteiger partial charge in [-0.25, -0.2) is 0 Å². The van der Waals surface area contributed by atoms with Crippen molar-refractivity contribution in [3.63, 3.8) is 0 Å². The van der Waals surface area contributed by atoms with Crippen LogP contribution >= 0.6 is 0 Å². The molecule has 234 valence electrons. The molecule has 0 nitrogen and oxygen atoms in total. The quantitative estimate of drug-likeness (QED) is 0.124. The molecule has 3 aliphatic rings. The predicted molar refractivity (Wildman–Crippen MR) is 201 cm³/mol. The molecule has 0 saturated heterocycles. The van der Waals surface area contributed by atoms with Gasteiger partial charge < -0.3 is 0 Å². The maximum Gasteiger partial charge on any atom is 0.0321 e. The third kappa shape index (κ3) is 7.06. The van der Waals surface area contributed by atoms with Gasteiger partial charge in [0.05, 0.1) is 0 Å². The Morgan fingerprint density at radius 1 is 0.851 bits per heavy atom. The van der Waals surface area contributed by atoms with Crippen LogP contribution in [0.2, 0.25) is 0 Å². The highest BCUT2D eigenvalue weighted by Crippen LogP contribution is 2.44. The Balaban J connectivity index is 1.06. The summed E-state index contributed by atoms with van der Waals surface area (Å²) in [6, 6.07) is 34.0. The summed E-state index contributed by atoms with van der Waals surface area (Å²) in [6.45, 7) is 7.00. The minimum absolute atomic E-state index is 0.399. The zero-order valence-corrected chi connectivity index (χ0v) is 27.8. The van der Waals surface area contributed by atoms with Crippen molar-refractivity contribution in [2.75, 3.05) is 0 Å². The van der Waals surface area contributed by atoms with Crippen LogP contribution in [-0.4, -0.2) is 0 Å². The molecule has 0 aliphatic heterocycles. The van der Waals surface area contributed by atoms with E-state index in [1.54, 1.807) is 0 Å². The van der Waals surface area contributed by atoms with Crippen LogP contribution in [0.5, 0.6) is 0 Å². The molecule has 1 saturated carbocycles. The lowest BCUT2D eigenvalue weighted by Gasteiger charge is -2.36. The van der Waals surface area contributed by atoms with Crippen molar-refractivity contribution >= 4 is 11.6 Å². The second kappa shape index (κ2) is 14.0. The van der Waals surface area contributed by atoms with Crippen LogP contribution in [0.25, 0.3) is 22.8 Å². The summed E-state index contributed by atoms with van der Waals surface area (Å²) >= 11 is 0. The molecule has 7 rings (SSSR count). The van der Waals surface area contributed by atoms with Gasteiger partial charge in [0.1, 0.15) is 0 Å². The van der Waals surface area contributed by atoms with E-state index in [9.17, 15) is 0 Å². The van der Waals surface area contributed by atoms with Crippen molar-refractivity contribution in [1.29, 1.82) is 0 Å². The Morgan fingerprint density at radius 2 is 1.64 bits per heavy atom. The Labute approximate surface area is 282 Å². The second-order valence-corrected chi connectivity index (χ2v) is 14.1. The van der Waals surface area contributed by atoms with Gasteiger partial charge in [-0.2, -0.15) is 0 Å². The van der Waals surface area contributed by atoms with Crippen molar-refractivity contribution < 1.29 is 0 Å². The van der Waals surface area contributed by atoms with Crippen LogP contribution in [0.3, 0.4) is 0 Å². The van der Waals surface area contributed by atoms with Gasteiger partial charge in [0.15, 0.2) is 0 Å². The minimum Gasteiger partial charge on any atom is -0.115 e. The standard InChI is InChI=1S/C47H46/c1-4-38-20-18-37(31-46(38)45-28-25-39-11-8-12-43(39)32-45)30-36-16-21-41(22-17-36)47(34(3)14-15-35-9-6-5-7-10-35)42-26-23-40(24-27-42)44-19-13-33(2)29-44/h1,5-10,12-13,18-20,23-29,31-33,36,41,47H,3,11,14-17,21-22,30H2,2H3. The zero-order valence-electron chi connectivity index (χ0n) is 27.8. The van der Waals surface area contributed by atoms with E-state index in [1.165, 1.54) is 81.3 Å². The fraction of sp³-hybridized carbons (Fsp3) is 0.277. The molecule has 47 heavy (non-hydrogen) atoms. The molecule has 0 heteroatoms. The van der Waals surface area contributed by atoms with Crippen molar-refractivity contribution in [2.24, 2.45) is 17.8 Å². The van der Waals surface area contributed by atoms with Crippen LogP contribution in [-0.2, 0) is 19.3 Å². The van der Waals surface area contributed by atoms with E-state index in [2.05, 4.69) is 134 Å². The van der Waals surface area contributed by atoms with Gasteiger partial charge >= 0.3 is 0 Å². The van der Waals surface area contributed by atoms with E-state index in [4.69, 9.17) is 13.0 Å². The topological polar surface area (TPSA) is 0 Å². The number of allylic oxidation sites excluding steroid dienone is 6. The first-order chi connectivity index (χ1) is 23.0. The maximum absolute atomic E-state index is 5.97. The SMILES string of the molecule is C#Cc1ccc(CC2CCC(C(C(=C)CCc3ccccc3)c3ccc(C4=CC(C)C=C4)cc3)CC2)cc1-c1ccc2c(c1)C=CC2. The van der Waals surface area contributed by atoms with Crippen molar-refractivity contribution in [2.45, 2.75) is 64.2 Å². The second-order valence-electron chi connectivity index (χ2n) is 14.1. The molecule has 1 fully saturated rings. The molecule has 2 unspecified atom stereocenters. The summed E-state index contributed by atoms with van der Waals surface area (Å²) in [5.41, 5.74) is 14.4. The van der Waals surface area contributed by atoms with E-state index < -0.39 is 0 Å². The fourth-order valence-electron chi connectivity index (χ4n) is 8.23. The molecule has 0 radical (unpaired) electrons. The number of benzene rings is 4. The summed E-state index contributed by atoms with van der Waals surface area (Å²) in [7, 11) is 0. The molecular formula is C47H46. The average molecular weight is 611 g/mol. The molecular weight excluding hydrogens is 565 g/mol. The highest BCUT2D eigenvalue weighted by atomic mass is 14.3. The van der Waals surface area contributed by atoms with Crippen molar-refractivity contribution in [1.82, 2.24) is 0 Å². The zero-order chi connectivity index (χ0) is 32.2. The Bertz CT molecular complexity index is 1860. The lowest BCUT2D eigenvalue weighted by molar-refractivity contribution is 0.252. The molecule has 3 aliphatic carbocycles. The van der Waals surface area contributed by atoms with Gasteiger partial charge in [-0.3, -0.25) is 0 Å². The van der Waals surface area contributed by atoms with Gasteiger partial charge in [-0.1, -0.05) is 128 Å². The monoisotopic (exact) mass is 610 g/mol. The lowest BCUT2D eigenvalue weighted by atomic mass is 9.69. The highest BCUT2D eigenvalue weighted by molar-refractivity contribution is 5.77. The van der Waals surface area contributed by atoms with Gasteiger partial charge in [-0.15, -0.1) is 6.42 Å². The summed E-state index contributed by atoms with van der Waals surface area (Å²) in [5, 5.41) is 0. The first-order valence-electron chi connectivity index (χ1n) is 17.7. The van der Waals surface area contributed by atoms with E-state index in [0.717, 1.165) is 31.2 Å². The van der Waals surface area contributed by atoms with Gasteiger partial charge in [0.25, 0.3) is 0 Å². The first-order valence-corrected chi connectivity index (χ1v) is 17.7. The van der Waals surface area contributed by atoms with E-state index in [0.29, 0.717) is 23.7 Å². The van der Waals surface area contributed by atoms with Crippen LogP contribution in [0.4, 0.5) is 0 Å². The van der Waals surface area contributed by atoms with Crippen molar-refractivity contribution in [3.05, 3.63) is 166 Å². The molecule has 0 heterocycles. The minimum atomic E-state index is 0.399. The van der Waals surface area contributed by atoms with Crippen LogP contribution < -0.4 is 0 Å². The number of hydrogen-bond donors (Lipinski definition) is 0. The normalized spacial score (nSPS) is 20.4. The number of hydrogen-bond acceptors (Lipinski definition) is 0. The lowest BCUT2D eigenvalue weighted by Crippen LogP contribution is -2.23. The largest absolute Gasteiger partial charge is 0.115 e. The van der Waals surface area contributed by atoms with E-state index >= 15 is 0 Å². The molecule has 4 aromatic rings. The molecule has 0 aromatic heterocycles. The van der Waals surface area contributed by atoms with E-state index in [1.807, 2.05) is 0 Å². The van der Waals surface area contributed by atoms with Gasteiger partial charge in [0, 0.05) is 11.5 Å². The maximum atomic E-state index is 5.97. The highest BCUT2D eigenvalue weighted by Gasteiger charge is 2.30. The predicted octanol–water partition coefficient (Wildman–Crippen LogP) is 11.8. The third-order valence-corrected chi connectivity index (χ3v) is 10.9. The summed E-state index contributed by atoms with van der Waals surface area (Å²) in [4.78, 5) is 0. The van der Waals surface area contributed by atoms with Crippen LogP contribution in [0, 0.1) is 30.1 Å². The Morgan fingerprint density at radius 3 is 2.38 bits per heavy atom. The Kier molecular flexibility index (Phi) is 9.26. The number of rotatable bonds is 10. The molecule has 0 bridgehead atoms. The smallest absolute Gasteiger partial charge is 0.0321 e. The number of terminal acetylenes is 1. The van der Waals surface area contributed by atoms with Crippen LogP contribution in [0.1, 0.15) is 83.9 Å².